The molecule has 0 aliphatic carbocycles. The predicted molar refractivity (Wildman–Crippen MR) is 57.6 cm³/mol. The summed E-state index contributed by atoms with van der Waals surface area (Å²) in [6.45, 7) is -0.141. The van der Waals surface area contributed by atoms with E-state index >= 15 is 0 Å². The summed E-state index contributed by atoms with van der Waals surface area (Å²) >= 11 is 9.06. The van der Waals surface area contributed by atoms with Crippen LogP contribution < -0.4 is 11.5 Å². The predicted octanol–water partition coefficient (Wildman–Crippen LogP) is 1.68. The number of aliphatic hydroxyl groups excluding tert-OH is 1. The normalized spacial score (nSPS) is 12.9. The third-order valence-electron chi connectivity index (χ3n) is 1.72. The van der Waals surface area contributed by atoms with Crippen LogP contribution in [0.2, 0.25) is 5.02 Å². The van der Waals surface area contributed by atoms with Crippen molar-refractivity contribution in [2.24, 2.45) is 5.73 Å². The third kappa shape index (κ3) is 2.34. The number of hydrogen-bond acceptors (Lipinski definition) is 3. The quantitative estimate of drug-likeness (QED) is 0.712. The lowest BCUT2D eigenvalue weighted by atomic mass is 10.1. The van der Waals surface area contributed by atoms with E-state index in [4.69, 9.17) is 28.2 Å². The number of hydrogen-bond donors (Lipinski definition) is 3. The van der Waals surface area contributed by atoms with Crippen molar-refractivity contribution in [2.75, 3.05) is 12.3 Å². The molecule has 0 saturated carbocycles. The molecule has 0 bridgehead atoms. The molecule has 5 N–H and O–H groups in total. The highest BCUT2D eigenvalue weighted by molar-refractivity contribution is 9.10. The monoisotopic (exact) mass is 264 g/mol. The number of anilines is 1. The van der Waals surface area contributed by atoms with E-state index in [1.165, 1.54) is 0 Å². The van der Waals surface area contributed by atoms with Crippen LogP contribution in [0, 0.1) is 0 Å². The van der Waals surface area contributed by atoms with Gasteiger partial charge in [0.25, 0.3) is 0 Å². The van der Waals surface area contributed by atoms with Gasteiger partial charge < -0.3 is 16.6 Å². The van der Waals surface area contributed by atoms with Crippen LogP contribution in [0.15, 0.2) is 16.6 Å². The van der Waals surface area contributed by atoms with E-state index in [1.807, 2.05) is 0 Å². The van der Waals surface area contributed by atoms with E-state index in [0.29, 0.717) is 16.3 Å². The van der Waals surface area contributed by atoms with E-state index in [-0.39, 0.29) is 6.61 Å². The molecular formula is C8H10BrClN2O. The highest BCUT2D eigenvalue weighted by atomic mass is 79.9. The SMILES string of the molecule is Nc1cc(Cl)c(Br)cc1[C@H](N)CO. The van der Waals surface area contributed by atoms with Crippen molar-refractivity contribution < 1.29 is 5.11 Å². The van der Waals surface area contributed by atoms with Crippen LogP contribution in [0.25, 0.3) is 0 Å². The Kier molecular flexibility index (Phi) is 3.55. The number of benzene rings is 1. The van der Waals surface area contributed by atoms with Crippen molar-refractivity contribution >= 4 is 33.2 Å². The topological polar surface area (TPSA) is 72.3 Å². The first-order chi connectivity index (χ1) is 6.06. The second kappa shape index (κ2) is 4.28. The minimum absolute atomic E-state index is 0.141. The van der Waals surface area contributed by atoms with E-state index in [9.17, 15) is 0 Å². The molecule has 5 heteroatoms. The third-order valence-corrected chi connectivity index (χ3v) is 2.92. The van der Waals surface area contributed by atoms with Gasteiger partial charge in [-0.3, -0.25) is 0 Å². The van der Waals surface area contributed by atoms with Gasteiger partial charge in [0.05, 0.1) is 17.7 Å². The van der Waals surface area contributed by atoms with Crippen LogP contribution in [-0.2, 0) is 0 Å². The van der Waals surface area contributed by atoms with Crippen LogP contribution in [0.5, 0.6) is 0 Å². The highest BCUT2D eigenvalue weighted by Crippen LogP contribution is 2.30. The highest BCUT2D eigenvalue weighted by Gasteiger charge is 2.10. The summed E-state index contributed by atoms with van der Waals surface area (Å²) < 4.78 is 0.724. The zero-order valence-corrected chi connectivity index (χ0v) is 9.14. The zero-order chi connectivity index (χ0) is 10.0. The number of nitrogen functional groups attached to an aromatic ring is 1. The van der Waals surface area contributed by atoms with Gasteiger partial charge in [0.15, 0.2) is 0 Å². The first-order valence-electron chi connectivity index (χ1n) is 3.67. The molecule has 0 radical (unpaired) electrons. The van der Waals surface area contributed by atoms with Crippen LogP contribution in [0.3, 0.4) is 0 Å². The van der Waals surface area contributed by atoms with E-state index in [1.54, 1.807) is 12.1 Å². The summed E-state index contributed by atoms with van der Waals surface area (Å²) in [7, 11) is 0. The molecule has 0 aliphatic rings. The van der Waals surface area contributed by atoms with Gasteiger partial charge in [0.1, 0.15) is 0 Å². The second-order valence-electron chi connectivity index (χ2n) is 2.68. The van der Waals surface area contributed by atoms with Crippen molar-refractivity contribution in [1.29, 1.82) is 0 Å². The van der Waals surface area contributed by atoms with Crippen LogP contribution >= 0.6 is 27.5 Å². The summed E-state index contributed by atoms with van der Waals surface area (Å²) in [6.07, 6.45) is 0. The fourth-order valence-corrected chi connectivity index (χ4v) is 1.53. The van der Waals surface area contributed by atoms with Crippen molar-refractivity contribution in [3.8, 4) is 0 Å². The summed E-state index contributed by atoms with van der Waals surface area (Å²) in [5.74, 6) is 0. The lowest BCUT2D eigenvalue weighted by Crippen LogP contribution is -2.16. The van der Waals surface area contributed by atoms with Crippen molar-refractivity contribution in [1.82, 2.24) is 0 Å². The molecule has 3 nitrogen and oxygen atoms in total. The summed E-state index contributed by atoms with van der Waals surface area (Å²) in [5, 5.41) is 9.38. The summed E-state index contributed by atoms with van der Waals surface area (Å²) in [4.78, 5) is 0. The smallest absolute Gasteiger partial charge is 0.0625 e. The molecule has 72 valence electrons. The number of nitrogens with two attached hydrogens (primary N) is 2. The average Bonchev–Trinajstić information content (AvgIpc) is 2.10. The molecule has 0 heterocycles. The Hall–Kier alpha value is -0.290. The molecule has 0 fully saturated rings. The molecular weight excluding hydrogens is 255 g/mol. The maximum atomic E-state index is 8.84. The Morgan fingerprint density at radius 1 is 1.54 bits per heavy atom. The standard InChI is InChI=1S/C8H10BrClN2O/c9-5-1-4(8(12)3-13)7(11)2-6(5)10/h1-2,8,13H,3,11-12H2/t8-/m1/s1. The Labute approximate surface area is 89.8 Å². The fraction of sp³-hybridized carbons (Fsp3) is 0.250. The Bertz CT molecular complexity index is 319. The number of aliphatic hydroxyl groups is 1. The van der Waals surface area contributed by atoms with E-state index in [2.05, 4.69) is 15.9 Å². The second-order valence-corrected chi connectivity index (χ2v) is 3.95. The summed E-state index contributed by atoms with van der Waals surface area (Å²) in [6, 6.07) is 2.86. The zero-order valence-electron chi connectivity index (χ0n) is 6.80. The van der Waals surface area contributed by atoms with Gasteiger partial charge in [-0.1, -0.05) is 11.6 Å². The Morgan fingerprint density at radius 3 is 2.69 bits per heavy atom. The molecule has 0 unspecified atom stereocenters. The Balaban J connectivity index is 3.15. The summed E-state index contributed by atoms with van der Waals surface area (Å²) in [5.41, 5.74) is 12.5. The molecule has 13 heavy (non-hydrogen) atoms. The lowest BCUT2D eigenvalue weighted by Gasteiger charge is -2.12. The van der Waals surface area contributed by atoms with Crippen molar-refractivity contribution in [2.45, 2.75) is 6.04 Å². The van der Waals surface area contributed by atoms with Gasteiger partial charge in [-0.05, 0) is 33.6 Å². The number of halogens is 2. The number of rotatable bonds is 2. The first-order valence-corrected chi connectivity index (χ1v) is 4.84. The fourth-order valence-electron chi connectivity index (χ4n) is 0.997. The maximum Gasteiger partial charge on any atom is 0.0625 e. The molecule has 1 rings (SSSR count). The Morgan fingerprint density at radius 2 is 2.15 bits per heavy atom. The van der Waals surface area contributed by atoms with Gasteiger partial charge in [0.2, 0.25) is 0 Å². The largest absolute Gasteiger partial charge is 0.398 e. The molecule has 0 saturated heterocycles. The molecule has 0 aliphatic heterocycles. The van der Waals surface area contributed by atoms with E-state index in [0.717, 1.165) is 4.47 Å². The lowest BCUT2D eigenvalue weighted by molar-refractivity contribution is 0.268. The van der Waals surface area contributed by atoms with Gasteiger partial charge in [-0.25, -0.2) is 0 Å². The van der Waals surface area contributed by atoms with Crippen molar-refractivity contribution in [3.05, 3.63) is 27.2 Å². The molecule has 1 aromatic rings. The van der Waals surface area contributed by atoms with Gasteiger partial charge in [-0.2, -0.15) is 0 Å². The van der Waals surface area contributed by atoms with Crippen LogP contribution in [0.1, 0.15) is 11.6 Å². The van der Waals surface area contributed by atoms with E-state index < -0.39 is 6.04 Å². The molecule has 0 aromatic heterocycles. The molecule has 0 spiro atoms. The van der Waals surface area contributed by atoms with Gasteiger partial charge >= 0.3 is 0 Å². The minimum Gasteiger partial charge on any atom is -0.398 e. The van der Waals surface area contributed by atoms with Crippen molar-refractivity contribution in [3.63, 3.8) is 0 Å². The van der Waals surface area contributed by atoms with Crippen LogP contribution in [-0.4, -0.2) is 11.7 Å². The maximum absolute atomic E-state index is 8.84. The minimum atomic E-state index is -0.464. The van der Waals surface area contributed by atoms with Crippen LogP contribution in [0.4, 0.5) is 5.69 Å². The van der Waals surface area contributed by atoms with Gasteiger partial charge in [0, 0.05) is 10.2 Å². The molecule has 1 atom stereocenters. The average molecular weight is 266 g/mol. The van der Waals surface area contributed by atoms with Gasteiger partial charge in [-0.15, -0.1) is 0 Å². The first kappa shape index (κ1) is 10.8. The molecule has 0 amide bonds. The molecule has 1 aromatic carbocycles.